The molecule has 0 aliphatic rings. The topological polar surface area (TPSA) is 94.3 Å². The normalized spacial score (nSPS) is 12.5. The number of benzene rings is 3. The zero-order valence-electron chi connectivity index (χ0n) is 19.0. The summed E-state index contributed by atoms with van der Waals surface area (Å²) in [5.74, 6) is -0.0821. The highest BCUT2D eigenvalue weighted by atomic mass is 32.2. The van der Waals surface area contributed by atoms with E-state index < -0.39 is 11.4 Å². The van der Waals surface area contributed by atoms with E-state index in [1.54, 1.807) is 31.2 Å². The predicted octanol–water partition coefficient (Wildman–Crippen LogP) is 6.02. The standard InChI is InChI=1S/C26H22FN3O4S/c1-16(31)19-9-6-10-21(15-19)28-24(32)23(18-7-4-3-5-8-18)35-26-30-29-25(34-26)17(2)33-22-13-11-20(27)12-14-22/h3-15,17,23H,1-2H3,(H,28,32)/t17-,23+/m1/s1. The van der Waals surface area contributed by atoms with E-state index in [1.165, 1.54) is 31.2 Å². The first-order valence-electron chi connectivity index (χ1n) is 10.8. The number of Topliss-reactive ketones (excluding diaryl/α,β-unsaturated/α-hetero) is 1. The highest BCUT2D eigenvalue weighted by Gasteiger charge is 2.26. The fraction of sp³-hybridized carbons (Fsp3) is 0.154. The van der Waals surface area contributed by atoms with Crippen LogP contribution in [0.1, 0.15) is 47.0 Å². The molecule has 9 heteroatoms. The van der Waals surface area contributed by atoms with Crippen molar-refractivity contribution in [3.05, 3.63) is 102 Å². The van der Waals surface area contributed by atoms with Crippen molar-refractivity contribution in [3.63, 3.8) is 0 Å². The summed E-state index contributed by atoms with van der Waals surface area (Å²) in [5, 5.41) is 10.5. The van der Waals surface area contributed by atoms with E-state index in [4.69, 9.17) is 9.15 Å². The minimum Gasteiger partial charge on any atom is -0.481 e. The van der Waals surface area contributed by atoms with E-state index >= 15 is 0 Å². The number of hydrogen-bond acceptors (Lipinski definition) is 7. The number of nitrogens with zero attached hydrogens (tertiary/aromatic N) is 2. The van der Waals surface area contributed by atoms with E-state index in [0.717, 1.165) is 17.3 Å². The Morgan fingerprint density at radius 1 is 1.00 bits per heavy atom. The molecule has 0 saturated carbocycles. The Bertz CT molecular complexity index is 1310. The van der Waals surface area contributed by atoms with Gasteiger partial charge >= 0.3 is 0 Å². The zero-order chi connectivity index (χ0) is 24.8. The van der Waals surface area contributed by atoms with Crippen molar-refractivity contribution < 1.29 is 23.1 Å². The van der Waals surface area contributed by atoms with Crippen LogP contribution in [0.15, 0.2) is 88.5 Å². The maximum atomic E-state index is 13.2. The van der Waals surface area contributed by atoms with Gasteiger partial charge in [-0.15, -0.1) is 10.2 Å². The second kappa shape index (κ2) is 11.0. The first-order chi connectivity index (χ1) is 16.9. The van der Waals surface area contributed by atoms with Gasteiger partial charge in [0.05, 0.1) is 0 Å². The summed E-state index contributed by atoms with van der Waals surface area (Å²) in [6.07, 6.45) is -0.583. The third-order valence-electron chi connectivity index (χ3n) is 4.99. The van der Waals surface area contributed by atoms with Gasteiger partial charge in [-0.05, 0) is 67.6 Å². The molecule has 3 aromatic carbocycles. The predicted molar refractivity (Wildman–Crippen MR) is 130 cm³/mol. The molecular formula is C26H22FN3O4S. The minimum absolute atomic E-state index is 0.0922. The number of ether oxygens (including phenoxy) is 1. The molecule has 4 rings (SSSR count). The van der Waals surface area contributed by atoms with Crippen molar-refractivity contribution in [3.8, 4) is 5.75 Å². The molecule has 1 heterocycles. The van der Waals surface area contributed by atoms with Gasteiger partial charge in [0.2, 0.25) is 5.91 Å². The maximum Gasteiger partial charge on any atom is 0.277 e. The molecular weight excluding hydrogens is 469 g/mol. The van der Waals surface area contributed by atoms with Gasteiger partial charge in [-0.2, -0.15) is 0 Å². The Morgan fingerprint density at radius 3 is 2.46 bits per heavy atom. The van der Waals surface area contributed by atoms with Crippen LogP contribution in [0.3, 0.4) is 0 Å². The molecule has 0 unspecified atom stereocenters. The largest absolute Gasteiger partial charge is 0.481 e. The molecule has 35 heavy (non-hydrogen) atoms. The summed E-state index contributed by atoms with van der Waals surface area (Å²) >= 11 is 1.10. The monoisotopic (exact) mass is 491 g/mol. The third kappa shape index (κ3) is 6.33. The van der Waals surface area contributed by atoms with Gasteiger partial charge in [-0.25, -0.2) is 4.39 Å². The first kappa shape index (κ1) is 24.2. The Balaban J connectivity index is 1.51. The first-order valence-corrected chi connectivity index (χ1v) is 11.7. The molecule has 0 aliphatic carbocycles. The van der Waals surface area contributed by atoms with Gasteiger partial charge in [0.25, 0.3) is 11.1 Å². The number of carbonyl (C=O) groups excluding carboxylic acids is 2. The molecule has 7 nitrogen and oxygen atoms in total. The van der Waals surface area contributed by atoms with Crippen molar-refractivity contribution in [2.24, 2.45) is 0 Å². The SMILES string of the molecule is CC(=O)c1cccc(NC(=O)[C@@H](Sc2nnc([C@@H](C)Oc3ccc(F)cc3)o2)c2ccccc2)c1. The quantitative estimate of drug-likeness (QED) is 0.226. The Kier molecular flexibility index (Phi) is 7.57. The zero-order valence-corrected chi connectivity index (χ0v) is 19.8. The molecule has 2 atom stereocenters. The van der Waals surface area contributed by atoms with Crippen molar-refractivity contribution >= 4 is 29.1 Å². The smallest absolute Gasteiger partial charge is 0.277 e. The molecule has 0 aliphatic heterocycles. The lowest BCUT2D eigenvalue weighted by atomic mass is 10.1. The Morgan fingerprint density at radius 2 is 1.74 bits per heavy atom. The number of halogens is 1. The van der Waals surface area contributed by atoms with Crippen LogP contribution in [0.5, 0.6) is 5.75 Å². The Labute approximate surface area is 205 Å². The van der Waals surface area contributed by atoms with E-state index in [1.807, 2.05) is 30.3 Å². The second-order valence-electron chi connectivity index (χ2n) is 7.66. The van der Waals surface area contributed by atoms with Crippen LogP contribution in [-0.2, 0) is 4.79 Å². The van der Waals surface area contributed by atoms with Crippen molar-refractivity contribution in [1.82, 2.24) is 10.2 Å². The average Bonchev–Trinajstić information content (AvgIpc) is 3.33. The number of carbonyl (C=O) groups is 2. The average molecular weight is 492 g/mol. The van der Waals surface area contributed by atoms with Gasteiger partial charge in [-0.3, -0.25) is 9.59 Å². The van der Waals surface area contributed by atoms with E-state index in [9.17, 15) is 14.0 Å². The number of nitrogens with one attached hydrogen (secondary N) is 1. The number of hydrogen-bond donors (Lipinski definition) is 1. The molecule has 1 aromatic heterocycles. The summed E-state index contributed by atoms with van der Waals surface area (Å²) in [4.78, 5) is 24.9. The molecule has 1 N–H and O–H groups in total. The van der Waals surface area contributed by atoms with E-state index in [-0.39, 0.29) is 28.6 Å². The van der Waals surface area contributed by atoms with Crippen LogP contribution in [0.4, 0.5) is 10.1 Å². The number of thioether (sulfide) groups is 1. The van der Waals surface area contributed by atoms with Crippen LogP contribution in [0.2, 0.25) is 0 Å². The molecule has 178 valence electrons. The minimum atomic E-state index is -0.696. The van der Waals surface area contributed by atoms with Crippen molar-refractivity contribution in [1.29, 1.82) is 0 Å². The molecule has 1 amide bonds. The van der Waals surface area contributed by atoms with Crippen LogP contribution in [-0.4, -0.2) is 21.9 Å². The highest BCUT2D eigenvalue weighted by Crippen LogP contribution is 2.36. The summed E-state index contributed by atoms with van der Waals surface area (Å²) in [7, 11) is 0. The highest BCUT2D eigenvalue weighted by molar-refractivity contribution is 8.00. The van der Waals surface area contributed by atoms with E-state index in [0.29, 0.717) is 17.0 Å². The number of rotatable bonds is 9. The van der Waals surface area contributed by atoms with Crippen LogP contribution in [0.25, 0.3) is 0 Å². The summed E-state index contributed by atoms with van der Waals surface area (Å²) in [6.45, 7) is 3.20. The molecule has 0 saturated heterocycles. The van der Waals surface area contributed by atoms with Crippen LogP contribution in [0, 0.1) is 5.82 Å². The lowest BCUT2D eigenvalue weighted by molar-refractivity contribution is -0.115. The molecule has 0 spiro atoms. The van der Waals surface area contributed by atoms with E-state index in [2.05, 4.69) is 15.5 Å². The number of ketones is 1. The summed E-state index contributed by atoms with van der Waals surface area (Å²) < 4.78 is 24.6. The fourth-order valence-corrected chi connectivity index (χ4v) is 4.11. The van der Waals surface area contributed by atoms with Crippen LogP contribution < -0.4 is 10.1 Å². The summed E-state index contributed by atoms with van der Waals surface area (Å²) in [6, 6.07) is 21.6. The van der Waals surface area contributed by atoms with Gasteiger partial charge in [0.1, 0.15) is 16.8 Å². The molecule has 4 aromatic rings. The number of aromatic nitrogens is 2. The third-order valence-corrected chi connectivity index (χ3v) is 6.08. The molecule has 0 radical (unpaired) electrons. The number of anilines is 1. The summed E-state index contributed by atoms with van der Waals surface area (Å²) in [5.41, 5.74) is 1.76. The molecule has 0 bridgehead atoms. The van der Waals surface area contributed by atoms with Gasteiger partial charge in [0.15, 0.2) is 11.9 Å². The lowest BCUT2D eigenvalue weighted by Gasteiger charge is -2.15. The maximum absolute atomic E-state index is 13.2. The van der Waals surface area contributed by atoms with Gasteiger partial charge in [0, 0.05) is 11.3 Å². The molecule has 0 fully saturated rings. The van der Waals surface area contributed by atoms with Crippen LogP contribution >= 0.6 is 11.8 Å². The fourth-order valence-electron chi connectivity index (χ4n) is 3.23. The lowest BCUT2D eigenvalue weighted by Crippen LogP contribution is -2.19. The van der Waals surface area contributed by atoms with Gasteiger partial charge < -0.3 is 14.5 Å². The van der Waals surface area contributed by atoms with Crippen molar-refractivity contribution in [2.45, 2.75) is 30.4 Å². The van der Waals surface area contributed by atoms with Gasteiger partial charge in [-0.1, -0.05) is 42.5 Å². The Hall–Kier alpha value is -3.98. The second-order valence-corrected chi connectivity index (χ2v) is 8.71. The van der Waals surface area contributed by atoms with Crippen molar-refractivity contribution in [2.75, 3.05) is 5.32 Å². The number of amides is 1.